The molecule has 0 saturated heterocycles. The maximum atomic E-state index is 10.5. The number of fused-ring (bicyclic) bond motifs is 1. The molecule has 0 amide bonds. The Morgan fingerprint density at radius 1 is 1.11 bits per heavy atom. The first-order valence-corrected chi connectivity index (χ1v) is 8.19. The molecular weight excluding hydrogens is 272 g/mol. The third-order valence-corrected chi connectivity index (χ3v) is 5.56. The van der Waals surface area contributed by atoms with Crippen molar-refractivity contribution in [3.05, 3.63) is 57.1 Å². The Labute approximate surface area is 121 Å². The van der Waals surface area contributed by atoms with E-state index in [0.717, 1.165) is 12.0 Å². The summed E-state index contributed by atoms with van der Waals surface area (Å²) < 4.78 is 1.25. The van der Waals surface area contributed by atoms with Gasteiger partial charge in [0, 0.05) is 20.9 Å². The van der Waals surface area contributed by atoms with E-state index in [1.165, 1.54) is 19.8 Å². The highest BCUT2D eigenvalue weighted by molar-refractivity contribution is 7.17. The lowest BCUT2D eigenvalue weighted by atomic mass is 10.1. The molecule has 1 nitrogen and oxygen atoms in total. The maximum absolute atomic E-state index is 10.5. The molecule has 0 spiro atoms. The fourth-order valence-corrected chi connectivity index (χ4v) is 4.28. The first-order chi connectivity index (χ1) is 9.28. The van der Waals surface area contributed by atoms with Crippen LogP contribution in [0, 0.1) is 0 Å². The van der Waals surface area contributed by atoms with Gasteiger partial charge in [0.05, 0.1) is 6.10 Å². The largest absolute Gasteiger partial charge is 0.388 e. The van der Waals surface area contributed by atoms with Crippen molar-refractivity contribution in [2.24, 2.45) is 0 Å². The Hall–Kier alpha value is -1.16. The monoisotopic (exact) mass is 288 g/mol. The second-order valence-electron chi connectivity index (χ2n) is 4.63. The topological polar surface area (TPSA) is 20.2 Å². The number of hydrogen-bond donors (Lipinski definition) is 1. The number of aryl methyl sites for hydroxylation is 1. The second-order valence-corrected chi connectivity index (χ2v) is 6.79. The summed E-state index contributed by atoms with van der Waals surface area (Å²) in [5, 5.41) is 13.7. The van der Waals surface area contributed by atoms with Crippen molar-refractivity contribution in [2.45, 2.75) is 25.9 Å². The number of thiophene rings is 2. The fourth-order valence-electron chi connectivity index (χ4n) is 2.28. The highest BCUT2D eigenvalue weighted by Crippen LogP contribution is 2.32. The van der Waals surface area contributed by atoms with E-state index in [1.807, 2.05) is 23.5 Å². The van der Waals surface area contributed by atoms with E-state index in [-0.39, 0.29) is 0 Å². The first kappa shape index (κ1) is 12.9. The van der Waals surface area contributed by atoms with Gasteiger partial charge in [0.25, 0.3) is 0 Å². The Morgan fingerprint density at radius 2 is 1.89 bits per heavy atom. The molecule has 0 bridgehead atoms. The van der Waals surface area contributed by atoms with E-state index in [0.29, 0.717) is 6.42 Å². The summed E-state index contributed by atoms with van der Waals surface area (Å²) in [6.07, 6.45) is 1.38. The van der Waals surface area contributed by atoms with Crippen LogP contribution in [0.15, 0.2) is 41.8 Å². The van der Waals surface area contributed by atoms with E-state index in [9.17, 15) is 5.11 Å². The van der Waals surface area contributed by atoms with Crippen LogP contribution in [0.4, 0.5) is 0 Å². The van der Waals surface area contributed by atoms with Crippen molar-refractivity contribution >= 4 is 32.8 Å². The average molecular weight is 288 g/mol. The van der Waals surface area contributed by atoms with Gasteiger partial charge in [-0.2, -0.15) is 0 Å². The predicted octanol–water partition coefficient (Wildman–Crippen LogP) is 4.80. The van der Waals surface area contributed by atoms with Gasteiger partial charge in [0.1, 0.15) is 0 Å². The third kappa shape index (κ3) is 2.59. The standard InChI is InChI=1S/C16H16OS2/c1-2-11-7-8-12(19-11)9-15(17)14-10-18-16-6-4-3-5-13(14)16/h3-8,10,15,17H,2,9H2,1H3. The highest BCUT2D eigenvalue weighted by atomic mass is 32.1. The Bertz CT molecular complexity index is 681. The van der Waals surface area contributed by atoms with Crippen molar-refractivity contribution in [3.63, 3.8) is 0 Å². The summed E-state index contributed by atoms with van der Waals surface area (Å²) >= 11 is 3.51. The Morgan fingerprint density at radius 3 is 2.68 bits per heavy atom. The molecule has 0 saturated carbocycles. The van der Waals surface area contributed by atoms with Crippen molar-refractivity contribution in [1.82, 2.24) is 0 Å². The van der Waals surface area contributed by atoms with Gasteiger partial charge in [0.2, 0.25) is 0 Å². The smallest absolute Gasteiger partial charge is 0.0852 e. The first-order valence-electron chi connectivity index (χ1n) is 6.49. The lowest BCUT2D eigenvalue weighted by molar-refractivity contribution is 0.181. The molecule has 1 N–H and O–H groups in total. The van der Waals surface area contributed by atoms with Gasteiger partial charge in [-0.1, -0.05) is 25.1 Å². The summed E-state index contributed by atoms with van der Waals surface area (Å²) in [7, 11) is 0. The quantitative estimate of drug-likeness (QED) is 0.731. The Balaban J connectivity index is 1.85. The van der Waals surface area contributed by atoms with E-state index in [2.05, 4.69) is 36.6 Å². The molecule has 1 aromatic carbocycles. The molecule has 0 fully saturated rings. The lowest BCUT2D eigenvalue weighted by Gasteiger charge is -2.08. The van der Waals surface area contributed by atoms with E-state index in [4.69, 9.17) is 0 Å². The highest BCUT2D eigenvalue weighted by Gasteiger charge is 2.14. The zero-order valence-corrected chi connectivity index (χ0v) is 12.4. The molecule has 3 rings (SSSR count). The molecule has 3 heteroatoms. The van der Waals surface area contributed by atoms with Crippen LogP contribution in [0.5, 0.6) is 0 Å². The van der Waals surface area contributed by atoms with Gasteiger partial charge in [-0.05, 0) is 40.9 Å². The number of rotatable bonds is 4. The minimum atomic E-state index is -0.403. The second kappa shape index (κ2) is 5.45. The zero-order valence-electron chi connectivity index (χ0n) is 10.8. The predicted molar refractivity (Wildman–Crippen MR) is 84.2 cm³/mol. The van der Waals surface area contributed by atoms with Crippen molar-refractivity contribution in [3.8, 4) is 0 Å². The zero-order chi connectivity index (χ0) is 13.2. The lowest BCUT2D eigenvalue weighted by Crippen LogP contribution is -1.99. The van der Waals surface area contributed by atoms with Crippen molar-refractivity contribution < 1.29 is 5.11 Å². The average Bonchev–Trinajstić information content (AvgIpc) is 3.04. The molecule has 0 aliphatic heterocycles. The molecule has 3 aromatic rings. The van der Waals surface area contributed by atoms with Crippen LogP contribution in [-0.2, 0) is 12.8 Å². The molecule has 1 atom stereocenters. The van der Waals surface area contributed by atoms with Gasteiger partial charge in [0.15, 0.2) is 0 Å². The molecule has 2 aromatic heterocycles. The maximum Gasteiger partial charge on any atom is 0.0852 e. The summed E-state index contributed by atoms with van der Waals surface area (Å²) in [4.78, 5) is 2.65. The van der Waals surface area contributed by atoms with E-state index in [1.54, 1.807) is 11.3 Å². The van der Waals surface area contributed by atoms with Crippen molar-refractivity contribution in [1.29, 1.82) is 0 Å². The van der Waals surface area contributed by atoms with Crippen LogP contribution in [0.2, 0.25) is 0 Å². The molecule has 1 unspecified atom stereocenters. The van der Waals surface area contributed by atoms with E-state index >= 15 is 0 Å². The summed E-state index contributed by atoms with van der Waals surface area (Å²) in [5.74, 6) is 0. The fraction of sp³-hybridized carbons (Fsp3) is 0.250. The molecule has 19 heavy (non-hydrogen) atoms. The minimum Gasteiger partial charge on any atom is -0.388 e. The van der Waals surface area contributed by atoms with Crippen LogP contribution in [0.25, 0.3) is 10.1 Å². The van der Waals surface area contributed by atoms with Gasteiger partial charge in [-0.25, -0.2) is 0 Å². The summed E-state index contributed by atoms with van der Waals surface area (Å²) in [6, 6.07) is 12.6. The third-order valence-electron chi connectivity index (χ3n) is 3.33. The number of aliphatic hydroxyl groups is 1. The molecule has 98 valence electrons. The SMILES string of the molecule is CCc1ccc(CC(O)c2csc3ccccc23)s1. The Kier molecular flexibility index (Phi) is 3.69. The molecule has 2 heterocycles. The van der Waals surface area contributed by atoms with Gasteiger partial charge < -0.3 is 5.11 Å². The van der Waals surface area contributed by atoms with Gasteiger partial charge >= 0.3 is 0 Å². The summed E-state index contributed by atoms with van der Waals surface area (Å²) in [6.45, 7) is 2.17. The van der Waals surface area contributed by atoms with E-state index < -0.39 is 6.10 Å². The molecular formula is C16H16OS2. The van der Waals surface area contributed by atoms with Gasteiger partial charge in [-0.15, -0.1) is 22.7 Å². The van der Waals surface area contributed by atoms with Gasteiger partial charge in [-0.3, -0.25) is 0 Å². The van der Waals surface area contributed by atoms with Crippen LogP contribution in [0.3, 0.4) is 0 Å². The molecule has 0 aliphatic rings. The molecule has 0 aliphatic carbocycles. The minimum absolute atomic E-state index is 0.403. The number of aliphatic hydroxyl groups excluding tert-OH is 1. The van der Waals surface area contributed by atoms with Crippen molar-refractivity contribution in [2.75, 3.05) is 0 Å². The number of hydrogen-bond acceptors (Lipinski definition) is 3. The van der Waals surface area contributed by atoms with Crippen LogP contribution in [-0.4, -0.2) is 5.11 Å². The normalized spacial score (nSPS) is 12.9. The van der Waals surface area contributed by atoms with Crippen LogP contribution < -0.4 is 0 Å². The van der Waals surface area contributed by atoms with Crippen LogP contribution in [0.1, 0.15) is 28.3 Å². The summed E-state index contributed by atoms with van der Waals surface area (Å²) in [5.41, 5.74) is 1.06. The van der Waals surface area contributed by atoms with Crippen LogP contribution >= 0.6 is 22.7 Å². The molecule has 0 radical (unpaired) electrons. The number of benzene rings is 1.